The molecule has 4 heteroatoms. The number of aryl methyl sites for hydroxylation is 1. The van der Waals surface area contributed by atoms with Gasteiger partial charge in [0.05, 0.1) is 10.7 Å². The van der Waals surface area contributed by atoms with Gasteiger partial charge in [0.1, 0.15) is 5.92 Å². The maximum absolute atomic E-state index is 11.1. The summed E-state index contributed by atoms with van der Waals surface area (Å²) in [7, 11) is 0. The Bertz CT molecular complexity index is 377. The number of carboxylic acid groups (broad SMARTS) is 1. The van der Waals surface area contributed by atoms with Crippen LogP contribution in [0.5, 0.6) is 0 Å². The van der Waals surface area contributed by atoms with Crippen LogP contribution in [0.4, 0.5) is 0 Å². The van der Waals surface area contributed by atoms with Crippen LogP contribution < -0.4 is 0 Å². The van der Waals surface area contributed by atoms with Crippen LogP contribution in [0.25, 0.3) is 0 Å². The minimum Gasteiger partial charge on any atom is -0.481 e. The fourth-order valence-corrected chi connectivity index (χ4v) is 1.72. The molecule has 1 unspecified atom stereocenters. The molecule has 1 aromatic rings. The molecule has 0 spiro atoms. The summed E-state index contributed by atoms with van der Waals surface area (Å²) in [4.78, 5) is 15.3. The zero-order valence-corrected chi connectivity index (χ0v) is 9.75. The first kappa shape index (κ1) is 12.0. The second-order valence-electron chi connectivity index (χ2n) is 3.88. The molecular weight excluding hydrogens is 214 g/mol. The second kappa shape index (κ2) is 4.62. The summed E-state index contributed by atoms with van der Waals surface area (Å²) in [5, 5.41) is 9.53. The first-order chi connectivity index (χ1) is 6.93. The third-order valence-corrected chi connectivity index (χ3v) is 2.56. The van der Waals surface area contributed by atoms with Gasteiger partial charge in [0.15, 0.2) is 0 Å². The predicted molar refractivity (Wildman–Crippen MR) is 59.2 cm³/mol. The fraction of sp³-hybridized carbons (Fsp3) is 0.455. The number of aromatic nitrogens is 1. The fourth-order valence-electron chi connectivity index (χ4n) is 1.50. The molecule has 0 aliphatic heterocycles. The molecule has 15 heavy (non-hydrogen) atoms. The zero-order valence-electron chi connectivity index (χ0n) is 8.99. The standard InChI is InChI=1S/C11H14ClNO2/c1-6(2)9(11(14)15)10-8(12)5-4-7(3)13-10/h4-6,9H,1-3H3,(H,14,15). The third-order valence-electron chi connectivity index (χ3n) is 2.24. The Morgan fingerprint density at radius 2 is 2.07 bits per heavy atom. The van der Waals surface area contributed by atoms with Crippen LogP contribution in [0, 0.1) is 12.8 Å². The molecule has 1 rings (SSSR count). The maximum atomic E-state index is 11.1. The van der Waals surface area contributed by atoms with Crippen LogP contribution in [-0.4, -0.2) is 16.1 Å². The topological polar surface area (TPSA) is 50.2 Å². The van der Waals surface area contributed by atoms with E-state index in [9.17, 15) is 4.79 Å². The van der Waals surface area contributed by atoms with Crippen LogP contribution in [0.15, 0.2) is 12.1 Å². The molecule has 0 saturated heterocycles. The third kappa shape index (κ3) is 2.69. The number of hydrogen-bond acceptors (Lipinski definition) is 2. The molecule has 3 nitrogen and oxygen atoms in total. The van der Waals surface area contributed by atoms with E-state index < -0.39 is 11.9 Å². The smallest absolute Gasteiger partial charge is 0.312 e. The van der Waals surface area contributed by atoms with Crippen molar-refractivity contribution in [3.63, 3.8) is 0 Å². The predicted octanol–water partition coefficient (Wildman–Crippen LogP) is 2.87. The highest BCUT2D eigenvalue weighted by Crippen LogP contribution is 2.29. The molecule has 0 fully saturated rings. The summed E-state index contributed by atoms with van der Waals surface area (Å²) in [6.45, 7) is 5.51. The molecule has 1 N–H and O–H groups in total. The van der Waals surface area contributed by atoms with Gasteiger partial charge in [-0.3, -0.25) is 9.78 Å². The van der Waals surface area contributed by atoms with E-state index in [2.05, 4.69) is 4.98 Å². The molecule has 0 aromatic carbocycles. The maximum Gasteiger partial charge on any atom is 0.312 e. The highest BCUT2D eigenvalue weighted by molar-refractivity contribution is 6.31. The minimum absolute atomic E-state index is 0.0331. The molecule has 1 atom stereocenters. The van der Waals surface area contributed by atoms with Crippen molar-refractivity contribution in [3.8, 4) is 0 Å². The molecule has 1 heterocycles. The van der Waals surface area contributed by atoms with Crippen molar-refractivity contribution >= 4 is 17.6 Å². The van der Waals surface area contributed by atoms with E-state index in [4.69, 9.17) is 16.7 Å². The Balaban J connectivity index is 3.22. The van der Waals surface area contributed by atoms with E-state index in [1.54, 1.807) is 12.1 Å². The van der Waals surface area contributed by atoms with Gasteiger partial charge >= 0.3 is 5.97 Å². The van der Waals surface area contributed by atoms with E-state index in [0.29, 0.717) is 10.7 Å². The van der Waals surface area contributed by atoms with Crippen LogP contribution in [0.1, 0.15) is 31.2 Å². The summed E-state index contributed by atoms with van der Waals surface area (Å²) in [6, 6.07) is 3.46. The number of rotatable bonds is 3. The largest absolute Gasteiger partial charge is 0.481 e. The van der Waals surface area contributed by atoms with Crippen molar-refractivity contribution in [2.24, 2.45) is 5.92 Å². The number of nitrogens with zero attached hydrogens (tertiary/aromatic N) is 1. The Labute approximate surface area is 94.1 Å². The van der Waals surface area contributed by atoms with Crippen molar-refractivity contribution in [1.29, 1.82) is 0 Å². The first-order valence-corrected chi connectivity index (χ1v) is 5.17. The number of hydrogen-bond donors (Lipinski definition) is 1. The quantitative estimate of drug-likeness (QED) is 0.864. The van der Waals surface area contributed by atoms with Crippen molar-refractivity contribution in [3.05, 3.63) is 28.5 Å². The summed E-state index contributed by atoms with van der Waals surface area (Å²) >= 11 is 5.95. The summed E-state index contributed by atoms with van der Waals surface area (Å²) in [5.41, 5.74) is 1.24. The Kier molecular flexibility index (Phi) is 3.69. The molecule has 0 amide bonds. The molecule has 0 radical (unpaired) electrons. The van der Waals surface area contributed by atoms with Crippen molar-refractivity contribution in [1.82, 2.24) is 4.98 Å². The van der Waals surface area contributed by atoms with Crippen molar-refractivity contribution < 1.29 is 9.90 Å². The lowest BCUT2D eigenvalue weighted by Gasteiger charge is -2.17. The van der Waals surface area contributed by atoms with E-state index in [1.165, 1.54) is 0 Å². The van der Waals surface area contributed by atoms with E-state index >= 15 is 0 Å². The van der Waals surface area contributed by atoms with Gasteiger partial charge in [-0.1, -0.05) is 25.4 Å². The van der Waals surface area contributed by atoms with Gasteiger partial charge < -0.3 is 5.11 Å². The number of carboxylic acids is 1. The van der Waals surface area contributed by atoms with Gasteiger partial charge in [-0.05, 0) is 25.0 Å². The van der Waals surface area contributed by atoms with Crippen LogP contribution in [0.2, 0.25) is 5.02 Å². The lowest BCUT2D eigenvalue weighted by Crippen LogP contribution is -2.19. The average molecular weight is 228 g/mol. The van der Waals surface area contributed by atoms with Gasteiger partial charge in [0.2, 0.25) is 0 Å². The average Bonchev–Trinajstić information content (AvgIpc) is 2.10. The molecule has 1 aromatic heterocycles. The lowest BCUT2D eigenvalue weighted by atomic mass is 9.92. The highest BCUT2D eigenvalue weighted by Gasteiger charge is 2.27. The van der Waals surface area contributed by atoms with Crippen LogP contribution in [0.3, 0.4) is 0 Å². The van der Waals surface area contributed by atoms with Gasteiger partial charge in [-0.2, -0.15) is 0 Å². The summed E-state index contributed by atoms with van der Waals surface area (Å²) < 4.78 is 0. The summed E-state index contributed by atoms with van der Waals surface area (Å²) in [6.07, 6.45) is 0. The minimum atomic E-state index is -0.884. The van der Waals surface area contributed by atoms with E-state index in [1.807, 2.05) is 20.8 Å². The molecule has 0 aliphatic carbocycles. The number of aliphatic carboxylic acids is 1. The van der Waals surface area contributed by atoms with E-state index in [0.717, 1.165) is 5.69 Å². The van der Waals surface area contributed by atoms with Gasteiger partial charge in [0, 0.05) is 5.69 Å². The van der Waals surface area contributed by atoms with E-state index in [-0.39, 0.29) is 5.92 Å². The monoisotopic (exact) mass is 227 g/mol. The number of pyridine rings is 1. The zero-order chi connectivity index (χ0) is 11.6. The van der Waals surface area contributed by atoms with Crippen molar-refractivity contribution in [2.75, 3.05) is 0 Å². The molecular formula is C11H14ClNO2. The lowest BCUT2D eigenvalue weighted by molar-refractivity contribution is -0.140. The van der Waals surface area contributed by atoms with Crippen LogP contribution in [-0.2, 0) is 4.79 Å². The normalized spacial score (nSPS) is 12.9. The second-order valence-corrected chi connectivity index (χ2v) is 4.29. The Morgan fingerprint density at radius 1 is 1.47 bits per heavy atom. The number of halogens is 1. The molecule has 0 saturated carbocycles. The van der Waals surface area contributed by atoms with Crippen molar-refractivity contribution in [2.45, 2.75) is 26.7 Å². The Morgan fingerprint density at radius 3 is 2.53 bits per heavy atom. The van der Waals surface area contributed by atoms with Crippen LogP contribution >= 0.6 is 11.6 Å². The molecule has 0 aliphatic rings. The number of carbonyl (C=O) groups is 1. The van der Waals surface area contributed by atoms with Gasteiger partial charge in [-0.25, -0.2) is 0 Å². The first-order valence-electron chi connectivity index (χ1n) is 4.79. The molecule has 82 valence electrons. The SMILES string of the molecule is Cc1ccc(Cl)c(C(C(=O)O)C(C)C)n1. The highest BCUT2D eigenvalue weighted by atomic mass is 35.5. The summed E-state index contributed by atoms with van der Waals surface area (Å²) in [5.74, 6) is -1.56. The van der Waals surface area contributed by atoms with Gasteiger partial charge in [0.25, 0.3) is 0 Å². The Hall–Kier alpha value is -1.09. The van der Waals surface area contributed by atoms with Gasteiger partial charge in [-0.15, -0.1) is 0 Å². The molecule has 0 bridgehead atoms.